The number of amides is 1. The molecule has 1 aromatic rings. The second kappa shape index (κ2) is 8.11. The second-order valence-corrected chi connectivity index (χ2v) is 4.80. The van der Waals surface area contributed by atoms with Crippen molar-refractivity contribution in [3.8, 4) is 0 Å². The molecule has 4 heteroatoms. The van der Waals surface area contributed by atoms with Crippen molar-refractivity contribution in [2.75, 3.05) is 6.54 Å². The van der Waals surface area contributed by atoms with Gasteiger partial charge in [0.05, 0.1) is 0 Å². The van der Waals surface area contributed by atoms with Gasteiger partial charge < -0.3 is 11.1 Å². The third kappa shape index (κ3) is 6.03. The Kier molecular flexibility index (Phi) is 7.64. The van der Waals surface area contributed by atoms with Crippen molar-refractivity contribution in [2.24, 2.45) is 5.73 Å². The Morgan fingerprint density at radius 3 is 2.33 bits per heavy atom. The smallest absolute Gasteiger partial charge is 0.221 e. The molecule has 0 radical (unpaired) electrons. The van der Waals surface area contributed by atoms with Crippen molar-refractivity contribution in [1.29, 1.82) is 0 Å². The maximum atomic E-state index is 11.5. The Bertz CT molecular complexity index is 363. The topological polar surface area (TPSA) is 55.1 Å². The highest BCUT2D eigenvalue weighted by Crippen LogP contribution is 2.14. The predicted molar refractivity (Wildman–Crippen MR) is 78.1 cm³/mol. The van der Waals surface area contributed by atoms with E-state index in [-0.39, 0.29) is 24.4 Å². The number of carbonyl (C=O) groups excluding carboxylic acids is 1. The van der Waals surface area contributed by atoms with E-state index in [1.165, 1.54) is 11.1 Å². The largest absolute Gasteiger partial charge is 0.355 e. The van der Waals surface area contributed by atoms with Crippen LogP contribution in [0.5, 0.6) is 0 Å². The number of rotatable bonds is 5. The van der Waals surface area contributed by atoms with Crippen molar-refractivity contribution < 1.29 is 4.79 Å². The fraction of sp³-hybridized carbons (Fsp3) is 0.500. The monoisotopic (exact) mass is 270 g/mol. The highest BCUT2D eigenvalue weighted by molar-refractivity contribution is 5.85. The van der Waals surface area contributed by atoms with Gasteiger partial charge >= 0.3 is 0 Å². The molecule has 102 valence electrons. The normalized spacial score (nSPS) is 13.3. The lowest BCUT2D eigenvalue weighted by Crippen LogP contribution is -2.32. The van der Waals surface area contributed by atoms with Gasteiger partial charge in [-0.3, -0.25) is 4.79 Å². The molecule has 1 rings (SSSR count). The molecule has 2 atom stereocenters. The van der Waals surface area contributed by atoms with Gasteiger partial charge in [0.15, 0.2) is 0 Å². The minimum atomic E-state index is -0.0790. The summed E-state index contributed by atoms with van der Waals surface area (Å²) in [4.78, 5) is 11.5. The van der Waals surface area contributed by atoms with Gasteiger partial charge in [0.25, 0.3) is 0 Å². The molecule has 0 saturated heterocycles. The fourth-order valence-corrected chi connectivity index (χ4v) is 1.64. The summed E-state index contributed by atoms with van der Waals surface area (Å²) in [5, 5.41) is 2.91. The standard InChI is InChI=1S/C14H22N2O.ClH/c1-10-4-6-13(7-5-10)11(2)9-16-14(17)8-12(3)15;/h4-7,11-12H,8-9,15H2,1-3H3,(H,16,17);1H. The number of benzene rings is 1. The molecule has 18 heavy (non-hydrogen) atoms. The van der Waals surface area contributed by atoms with Crippen LogP contribution in [-0.2, 0) is 4.79 Å². The summed E-state index contributed by atoms with van der Waals surface area (Å²) in [5.74, 6) is 0.353. The average molecular weight is 271 g/mol. The summed E-state index contributed by atoms with van der Waals surface area (Å²) >= 11 is 0. The van der Waals surface area contributed by atoms with Crippen molar-refractivity contribution in [3.05, 3.63) is 35.4 Å². The molecule has 0 fully saturated rings. The van der Waals surface area contributed by atoms with E-state index in [1.807, 2.05) is 6.92 Å². The maximum absolute atomic E-state index is 11.5. The number of nitrogens with two attached hydrogens (primary N) is 1. The van der Waals surface area contributed by atoms with Crippen LogP contribution in [-0.4, -0.2) is 18.5 Å². The Balaban J connectivity index is 0.00000289. The molecule has 0 spiro atoms. The highest BCUT2D eigenvalue weighted by atomic mass is 35.5. The lowest BCUT2D eigenvalue weighted by molar-refractivity contribution is -0.121. The molecule has 1 aromatic carbocycles. The number of carbonyl (C=O) groups is 1. The van der Waals surface area contributed by atoms with E-state index in [0.717, 1.165) is 0 Å². The SMILES string of the molecule is Cc1ccc(C(C)CNC(=O)CC(C)N)cc1.Cl. The first kappa shape index (κ1) is 16.9. The molecule has 0 heterocycles. The van der Waals surface area contributed by atoms with Gasteiger partial charge in [-0.2, -0.15) is 0 Å². The molecule has 0 saturated carbocycles. The summed E-state index contributed by atoms with van der Waals surface area (Å²) in [6.07, 6.45) is 0.390. The van der Waals surface area contributed by atoms with E-state index >= 15 is 0 Å². The first-order chi connectivity index (χ1) is 7.99. The van der Waals surface area contributed by atoms with Crippen LogP contribution in [0.3, 0.4) is 0 Å². The van der Waals surface area contributed by atoms with Gasteiger partial charge in [0, 0.05) is 19.0 Å². The number of aryl methyl sites for hydroxylation is 1. The molecular formula is C14H23ClN2O. The Hall–Kier alpha value is -1.06. The molecule has 1 amide bonds. The third-order valence-corrected chi connectivity index (χ3v) is 2.76. The predicted octanol–water partition coefficient (Wildman–Crippen LogP) is 2.37. The van der Waals surface area contributed by atoms with Gasteiger partial charge in [0.1, 0.15) is 0 Å². The summed E-state index contributed by atoms with van der Waals surface area (Å²) in [6.45, 7) is 6.67. The van der Waals surface area contributed by atoms with Gasteiger partial charge in [-0.15, -0.1) is 12.4 Å². The number of hydrogen-bond acceptors (Lipinski definition) is 2. The molecule has 0 aliphatic carbocycles. The Labute approximate surface area is 116 Å². The molecule has 0 aliphatic heterocycles. The average Bonchev–Trinajstić information content (AvgIpc) is 2.26. The van der Waals surface area contributed by atoms with E-state index in [1.54, 1.807) is 0 Å². The molecular weight excluding hydrogens is 248 g/mol. The zero-order chi connectivity index (χ0) is 12.8. The summed E-state index contributed by atoms with van der Waals surface area (Å²) < 4.78 is 0. The number of hydrogen-bond donors (Lipinski definition) is 2. The maximum Gasteiger partial charge on any atom is 0.221 e. The van der Waals surface area contributed by atoms with E-state index in [4.69, 9.17) is 5.73 Å². The minimum Gasteiger partial charge on any atom is -0.355 e. The van der Waals surface area contributed by atoms with Gasteiger partial charge in [-0.25, -0.2) is 0 Å². The van der Waals surface area contributed by atoms with E-state index in [9.17, 15) is 4.79 Å². The van der Waals surface area contributed by atoms with Gasteiger partial charge in [-0.05, 0) is 25.3 Å². The second-order valence-electron chi connectivity index (χ2n) is 4.80. The zero-order valence-electron chi connectivity index (χ0n) is 11.3. The van der Waals surface area contributed by atoms with E-state index < -0.39 is 0 Å². The summed E-state index contributed by atoms with van der Waals surface area (Å²) in [6, 6.07) is 8.32. The zero-order valence-corrected chi connectivity index (χ0v) is 12.1. The Morgan fingerprint density at radius 2 is 1.83 bits per heavy atom. The number of halogens is 1. The Morgan fingerprint density at radius 1 is 1.28 bits per heavy atom. The lowest BCUT2D eigenvalue weighted by atomic mass is 10.00. The summed E-state index contributed by atoms with van der Waals surface area (Å²) in [5.41, 5.74) is 8.07. The van der Waals surface area contributed by atoms with E-state index in [0.29, 0.717) is 18.9 Å². The first-order valence-corrected chi connectivity index (χ1v) is 6.08. The summed E-state index contributed by atoms with van der Waals surface area (Å²) in [7, 11) is 0. The molecule has 0 bridgehead atoms. The van der Waals surface area contributed by atoms with Crippen LogP contribution >= 0.6 is 12.4 Å². The molecule has 2 unspecified atom stereocenters. The molecule has 0 aromatic heterocycles. The first-order valence-electron chi connectivity index (χ1n) is 6.08. The highest BCUT2D eigenvalue weighted by Gasteiger charge is 2.08. The third-order valence-electron chi connectivity index (χ3n) is 2.76. The van der Waals surface area contributed by atoms with Crippen LogP contribution in [0.2, 0.25) is 0 Å². The van der Waals surface area contributed by atoms with Crippen molar-refractivity contribution >= 4 is 18.3 Å². The van der Waals surface area contributed by atoms with Crippen molar-refractivity contribution in [2.45, 2.75) is 39.2 Å². The lowest BCUT2D eigenvalue weighted by Gasteiger charge is -2.14. The van der Waals surface area contributed by atoms with Crippen LogP contribution in [0.1, 0.15) is 37.3 Å². The van der Waals surface area contributed by atoms with Crippen molar-refractivity contribution in [1.82, 2.24) is 5.32 Å². The van der Waals surface area contributed by atoms with Crippen LogP contribution < -0.4 is 11.1 Å². The molecule has 3 nitrogen and oxygen atoms in total. The van der Waals surface area contributed by atoms with Crippen LogP contribution in [0, 0.1) is 6.92 Å². The molecule has 3 N–H and O–H groups in total. The number of nitrogens with one attached hydrogen (secondary N) is 1. The fourth-order valence-electron chi connectivity index (χ4n) is 1.64. The van der Waals surface area contributed by atoms with Gasteiger partial charge in [-0.1, -0.05) is 36.8 Å². The van der Waals surface area contributed by atoms with Gasteiger partial charge in [0.2, 0.25) is 5.91 Å². The van der Waals surface area contributed by atoms with Crippen LogP contribution in [0.15, 0.2) is 24.3 Å². The van der Waals surface area contributed by atoms with Crippen LogP contribution in [0.4, 0.5) is 0 Å². The van der Waals surface area contributed by atoms with Crippen molar-refractivity contribution in [3.63, 3.8) is 0 Å². The minimum absolute atomic E-state index is 0. The molecule has 0 aliphatic rings. The van der Waals surface area contributed by atoms with Crippen LogP contribution in [0.25, 0.3) is 0 Å². The van der Waals surface area contributed by atoms with E-state index in [2.05, 4.69) is 43.4 Å². The quantitative estimate of drug-likeness (QED) is 0.863.